The SMILES string of the molecule is O=S(=O)(Nc1ccccc1O)OCCCCNc1ccccn1. The highest BCUT2D eigenvalue weighted by Crippen LogP contribution is 2.22. The van der Waals surface area contributed by atoms with Crippen LogP contribution in [0.3, 0.4) is 0 Å². The highest BCUT2D eigenvalue weighted by atomic mass is 32.2. The van der Waals surface area contributed by atoms with Gasteiger partial charge in [-0.05, 0) is 37.1 Å². The van der Waals surface area contributed by atoms with Crippen molar-refractivity contribution in [2.45, 2.75) is 12.8 Å². The number of hydrogen-bond acceptors (Lipinski definition) is 6. The summed E-state index contributed by atoms with van der Waals surface area (Å²) in [5, 5.41) is 12.7. The van der Waals surface area contributed by atoms with Gasteiger partial charge in [0.15, 0.2) is 0 Å². The summed E-state index contributed by atoms with van der Waals surface area (Å²) in [6.45, 7) is 0.736. The molecule has 2 rings (SSSR count). The largest absolute Gasteiger partial charge is 0.506 e. The summed E-state index contributed by atoms with van der Waals surface area (Å²) in [7, 11) is -3.94. The van der Waals surface area contributed by atoms with E-state index in [9.17, 15) is 13.5 Å². The number of hydrogen-bond donors (Lipinski definition) is 3. The first kappa shape index (κ1) is 17.0. The number of phenolic OH excluding ortho intramolecular Hbond substituents is 1. The lowest BCUT2D eigenvalue weighted by molar-refractivity contribution is 0.313. The molecule has 0 saturated carbocycles. The molecule has 0 fully saturated rings. The van der Waals surface area contributed by atoms with Crippen molar-refractivity contribution in [3.63, 3.8) is 0 Å². The molecule has 0 unspecified atom stereocenters. The molecule has 23 heavy (non-hydrogen) atoms. The third-order valence-corrected chi connectivity index (χ3v) is 3.87. The topological polar surface area (TPSA) is 101 Å². The van der Waals surface area contributed by atoms with Crippen LogP contribution in [0.5, 0.6) is 5.75 Å². The van der Waals surface area contributed by atoms with Gasteiger partial charge in [0.2, 0.25) is 0 Å². The molecule has 3 N–H and O–H groups in total. The summed E-state index contributed by atoms with van der Waals surface area (Å²) in [6.07, 6.45) is 3.01. The van der Waals surface area contributed by atoms with E-state index in [1.807, 2.05) is 18.2 Å². The van der Waals surface area contributed by atoms with Crippen molar-refractivity contribution in [2.75, 3.05) is 23.2 Å². The Balaban J connectivity index is 1.66. The van der Waals surface area contributed by atoms with E-state index in [0.717, 1.165) is 12.2 Å². The number of benzene rings is 1. The number of pyridine rings is 1. The molecule has 124 valence electrons. The van der Waals surface area contributed by atoms with Crippen LogP contribution in [-0.4, -0.2) is 31.7 Å². The van der Waals surface area contributed by atoms with Gasteiger partial charge in [0.05, 0.1) is 12.3 Å². The summed E-state index contributed by atoms with van der Waals surface area (Å²) in [6, 6.07) is 11.6. The fourth-order valence-corrected chi connectivity index (χ4v) is 2.64. The van der Waals surface area contributed by atoms with Crippen LogP contribution in [0.15, 0.2) is 48.7 Å². The Bertz CT molecular complexity index is 708. The van der Waals surface area contributed by atoms with Crippen LogP contribution >= 0.6 is 0 Å². The van der Waals surface area contributed by atoms with Gasteiger partial charge < -0.3 is 10.4 Å². The molecule has 8 heteroatoms. The number of aromatic hydroxyl groups is 1. The van der Waals surface area contributed by atoms with E-state index >= 15 is 0 Å². The third-order valence-electron chi connectivity index (χ3n) is 2.92. The number of nitrogens with zero attached hydrogens (tertiary/aromatic N) is 1. The zero-order valence-electron chi connectivity index (χ0n) is 12.5. The van der Waals surface area contributed by atoms with E-state index in [4.69, 9.17) is 4.18 Å². The van der Waals surface area contributed by atoms with Gasteiger partial charge in [-0.2, -0.15) is 8.42 Å². The number of unbranched alkanes of at least 4 members (excludes halogenated alkanes) is 1. The van der Waals surface area contributed by atoms with Crippen LogP contribution in [0.2, 0.25) is 0 Å². The first-order valence-corrected chi connectivity index (χ1v) is 8.58. The van der Waals surface area contributed by atoms with Crippen LogP contribution < -0.4 is 10.0 Å². The molecule has 0 radical (unpaired) electrons. The van der Waals surface area contributed by atoms with Gasteiger partial charge in [-0.25, -0.2) is 4.98 Å². The number of anilines is 2. The van der Waals surface area contributed by atoms with Gasteiger partial charge in [-0.15, -0.1) is 0 Å². The highest BCUT2D eigenvalue weighted by molar-refractivity contribution is 7.88. The zero-order valence-corrected chi connectivity index (χ0v) is 13.3. The molecule has 0 bridgehead atoms. The quantitative estimate of drug-likeness (QED) is 0.480. The molecule has 0 spiro atoms. The van der Waals surface area contributed by atoms with Gasteiger partial charge in [0.25, 0.3) is 0 Å². The molecular weight excluding hydrogens is 318 g/mol. The van der Waals surface area contributed by atoms with Crippen molar-refractivity contribution < 1.29 is 17.7 Å². The van der Waals surface area contributed by atoms with Gasteiger partial charge in [0.1, 0.15) is 11.6 Å². The molecule has 0 atom stereocenters. The molecule has 1 aromatic heterocycles. The minimum Gasteiger partial charge on any atom is -0.506 e. The Labute approximate surface area is 135 Å². The molecule has 0 aliphatic heterocycles. The third kappa shape index (κ3) is 6.13. The second-order valence-corrected chi connectivity index (χ2v) is 6.09. The maximum atomic E-state index is 11.7. The van der Waals surface area contributed by atoms with Crippen LogP contribution in [0, 0.1) is 0 Å². The van der Waals surface area contributed by atoms with E-state index in [2.05, 4.69) is 15.0 Å². The summed E-state index contributed by atoms with van der Waals surface area (Å²) in [5.74, 6) is 0.626. The molecule has 0 aliphatic carbocycles. The number of aromatic nitrogens is 1. The number of phenols is 1. The Morgan fingerprint density at radius 1 is 1.09 bits per heavy atom. The first-order chi connectivity index (χ1) is 11.1. The Morgan fingerprint density at radius 3 is 2.61 bits per heavy atom. The Kier molecular flexibility index (Phi) is 6.19. The maximum Gasteiger partial charge on any atom is 0.360 e. The second-order valence-electron chi connectivity index (χ2n) is 4.74. The zero-order chi connectivity index (χ0) is 16.5. The van der Waals surface area contributed by atoms with Crippen molar-refractivity contribution in [2.24, 2.45) is 0 Å². The lowest BCUT2D eigenvalue weighted by Gasteiger charge is -2.09. The van der Waals surface area contributed by atoms with E-state index < -0.39 is 10.3 Å². The molecule has 2 aromatic rings. The predicted molar refractivity (Wildman–Crippen MR) is 88.6 cm³/mol. The highest BCUT2D eigenvalue weighted by Gasteiger charge is 2.12. The maximum absolute atomic E-state index is 11.7. The monoisotopic (exact) mass is 337 g/mol. The van der Waals surface area contributed by atoms with Crippen molar-refractivity contribution in [1.82, 2.24) is 4.98 Å². The summed E-state index contributed by atoms with van der Waals surface area (Å²) in [4.78, 5) is 4.12. The smallest absolute Gasteiger partial charge is 0.360 e. The van der Waals surface area contributed by atoms with Gasteiger partial charge in [-0.1, -0.05) is 18.2 Å². The van der Waals surface area contributed by atoms with Crippen LogP contribution in [0.4, 0.5) is 11.5 Å². The lowest BCUT2D eigenvalue weighted by Crippen LogP contribution is -2.17. The van der Waals surface area contributed by atoms with Gasteiger partial charge >= 0.3 is 10.3 Å². The van der Waals surface area contributed by atoms with Crippen molar-refractivity contribution in [3.05, 3.63) is 48.7 Å². The molecule has 0 amide bonds. The first-order valence-electron chi connectivity index (χ1n) is 7.17. The van der Waals surface area contributed by atoms with Crippen LogP contribution in [0.1, 0.15) is 12.8 Å². The lowest BCUT2D eigenvalue weighted by atomic mass is 10.3. The fraction of sp³-hybridized carbons (Fsp3) is 0.267. The normalized spacial score (nSPS) is 11.1. The minimum atomic E-state index is -3.94. The summed E-state index contributed by atoms with van der Waals surface area (Å²) >= 11 is 0. The van der Waals surface area contributed by atoms with Crippen LogP contribution in [0.25, 0.3) is 0 Å². The van der Waals surface area contributed by atoms with Gasteiger partial charge in [-0.3, -0.25) is 8.91 Å². The molecule has 1 aromatic carbocycles. The summed E-state index contributed by atoms with van der Waals surface area (Å²) in [5.41, 5.74) is 0.0873. The fourth-order valence-electron chi connectivity index (χ4n) is 1.80. The van der Waals surface area contributed by atoms with Crippen molar-refractivity contribution in [3.8, 4) is 5.75 Å². The average Bonchev–Trinajstić information content (AvgIpc) is 2.54. The summed E-state index contributed by atoms with van der Waals surface area (Å²) < 4.78 is 30.5. The van der Waals surface area contributed by atoms with E-state index in [1.54, 1.807) is 18.3 Å². The van der Waals surface area contributed by atoms with Crippen molar-refractivity contribution >= 4 is 21.8 Å². The standard InChI is InChI=1S/C15H19N3O4S/c19-14-8-2-1-7-13(14)18-23(20,21)22-12-6-5-11-17-15-9-3-4-10-16-15/h1-4,7-10,18-19H,5-6,11-12H2,(H,16,17). The Morgan fingerprint density at radius 2 is 1.87 bits per heavy atom. The van der Waals surface area contributed by atoms with E-state index in [-0.39, 0.29) is 18.0 Å². The van der Waals surface area contributed by atoms with E-state index in [0.29, 0.717) is 13.0 Å². The molecular formula is C15H19N3O4S. The Hall–Kier alpha value is -2.32. The predicted octanol–water partition coefficient (Wildman–Crippen LogP) is 2.35. The minimum absolute atomic E-state index is 0.0623. The number of rotatable bonds is 9. The second kappa shape index (κ2) is 8.35. The number of para-hydroxylation sites is 2. The molecule has 0 saturated heterocycles. The van der Waals surface area contributed by atoms with Gasteiger partial charge in [0, 0.05) is 12.7 Å². The molecule has 7 nitrogen and oxygen atoms in total. The van der Waals surface area contributed by atoms with Crippen LogP contribution in [-0.2, 0) is 14.5 Å². The molecule has 0 aliphatic rings. The average molecular weight is 337 g/mol. The number of nitrogens with one attached hydrogen (secondary N) is 2. The molecule has 1 heterocycles. The van der Waals surface area contributed by atoms with Crippen molar-refractivity contribution in [1.29, 1.82) is 0 Å². The van der Waals surface area contributed by atoms with E-state index in [1.165, 1.54) is 12.1 Å².